The van der Waals surface area contributed by atoms with Gasteiger partial charge in [0.25, 0.3) is 0 Å². The highest BCUT2D eigenvalue weighted by Gasteiger charge is 2.26. The van der Waals surface area contributed by atoms with E-state index in [4.69, 9.17) is 14.0 Å². The molecule has 8 nitrogen and oxygen atoms in total. The van der Waals surface area contributed by atoms with Crippen molar-refractivity contribution >= 4 is 11.6 Å². The third kappa shape index (κ3) is 4.85. The van der Waals surface area contributed by atoms with Crippen molar-refractivity contribution in [3.05, 3.63) is 53.9 Å². The Morgan fingerprint density at radius 3 is 2.69 bits per heavy atom. The Kier molecular flexibility index (Phi) is 6.58. The van der Waals surface area contributed by atoms with Crippen LogP contribution in [-0.4, -0.2) is 43.4 Å². The highest BCUT2D eigenvalue weighted by atomic mass is 16.5. The molecule has 1 aliphatic rings. The predicted octanol–water partition coefficient (Wildman–Crippen LogP) is 3.60. The minimum absolute atomic E-state index is 0.00711. The van der Waals surface area contributed by atoms with E-state index in [2.05, 4.69) is 51.5 Å². The summed E-state index contributed by atoms with van der Waals surface area (Å²) in [6.07, 6.45) is 1.85. The van der Waals surface area contributed by atoms with E-state index in [1.807, 2.05) is 6.07 Å². The molecule has 1 saturated heterocycles. The molecule has 1 atom stereocenters. The number of nitrogens with one attached hydrogen (secondary N) is 1. The standard InChI is InChI=1S/C24H28N4O4/c1-16-6-9-19(10-7-16)28-12-4-5-18(15-28)24(29)25-14-22-26-23(27-32-22)17-8-11-20(30-2)21(13-17)31-3/h6-11,13,18H,4-5,12,14-15H2,1-3H3,(H,25,29)/t18-/m0/s1. The summed E-state index contributed by atoms with van der Waals surface area (Å²) in [5.41, 5.74) is 3.13. The van der Waals surface area contributed by atoms with Crippen LogP contribution in [0.15, 0.2) is 47.0 Å². The number of rotatable bonds is 7. The number of hydrogen-bond donors (Lipinski definition) is 1. The van der Waals surface area contributed by atoms with E-state index in [9.17, 15) is 4.79 Å². The normalized spacial score (nSPS) is 16.0. The maximum atomic E-state index is 12.8. The summed E-state index contributed by atoms with van der Waals surface area (Å²) in [5.74, 6) is 1.93. The first-order valence-electron chi connectivity index (χ1n) is 10.7. The number of nitrogens with zero attached hydrogens (tertiary/aromatic N) is 3. The van der Waals surface area contributed by atoms with Crippen LogP contribution in [0.2, 0.25) is 0 Å². The Bertz CT molecular complexity index is 1060. The Labute approximate surface area is 187 Å². The van der Waals surface area contributed by atoms with Crippen LogP contribution in [0.25, 0.3) is 11.4 Å². The third-order valence-electron chi connectivity index (χ3n) is 5.71. The van der Waals surface area contributed by atoms with Gasteiger partial charge in [0.15, 0.2) is 11.5 Å². The number of ether oxygens (including phenoxy) is 2. The first kappa shape index (κ1) is 21.7. The lowest BCUT2D eigenvalue weighted by molar-refractivity contribution is -0.125. The number of anilines is 1. The summed E-state index contributed by atoms with van der Waals surface area (Å²) in [6.45, 7) is 3.94. The number of carbonyl (C=O) groups is 1. The Balaban J connectivity index is 1.35. The molecule has 32 heavy (non-hydrogen) atoms. The van der Waals surface area contributed by atoms with E-state index in [0.717, 1.165) is 30.6 Å². The molecule has 1 fully saturated rings. The fraction of sp³-hybridized carbons (Fsp3) is 0.375. The summed E-state index contributed by atoms with van der Waals surface area (Å²) in [4.78, 5) is 19.4. The van der Waals surface area contributed by atoms with E-state index < -0.39 is 0 Å². The highest BCUT2D eigenvalue weighted by molar-refractivity contribution is 5.79. The number of aryl methyl sites for hydroxylation is 1. The van der Waals surface area contributed by atoms with Gasteiger partial charge in [-0.05, 0) is 50.1 Å². The van der Waals surface area contributed by atoms with E-state index in [0.29, 0.717) is 29.8 Å². The summed E-state index contributed by atoms with van der Waals surface area (Å²) in [6, 6.07) is 13.8. The molecule has 0 spiro atoms. The molecule has 0 aliphatic carbocycles. The molecule has 168 valence electrons. The first-order chi connectivity index (χ1) is 15.6. The topological polar surface area (TPSA) is 89.7 Å². The molecule has 1 amide bonds. The second-order valence-electron chi connectivity index (χ2n) is 7.92. The van der Waals surface area contributed by atoms with E-state index in [1.54, 1.807) is 26.4 Å². The van der Waals surface area contributed by atoms with Crippen LogP contribution in [0.5, 0.6) is 11.5 Å². The molecule has 2 aromatic carbocycles. The van der Waals surface area contributed by atoms with E-state index >= 15 is 0 Å². The van der Waals surface area contributed by atoms with Crippen molar-refractivity contribution in [2.45, 2.75) is 26.3 Å². The second kappa shape index (κ2) is 9.72. The van der Waals surface area contributed by atoms with Gasteiger partial charge >= 0.3 is 0 Å². The monoisotopic (exact) mass is 436 g/mol. The summed E-state index contributed by atoms with van der Waals surface area (Å²) in [7, 11) is 3.16. The van der Waals surface area contributed by atoms with Crippen LogP contribution < -0.4 is 19.7 Å². The van der Waals surface area contributed by atoms with Crippen molar-refractivity contribution in [3.8, 4) is 22.9 Å². The highest BCUT2D eigenvalue weighted by Crippen LogP contribution is 2.31. The lowest BCUT2D eigenvalue weighted by Gasteiger charge is -2.33. The molecular weight excluding hydrogens is 408 g/mol. The van der Waals surface area contributed by atoms with Gasteiger partial charge in [-0.3, -0.25) is 4.79 Å². The maximum Gasteiger partial charge on any atom is 0.246 e. The molecule has 8 heteroatoms. The van der Waals surface area contributed by atoms with Crippen molar-refractivity contribution in [1.29, 1.82) is 0 Å². The van der Waals surface area contributed by atoms with Gasteiger partial charge in [0.1, 0.15) is 0 Å². The fourth-order valence-corrected chi connectivity index (χ4v) is 3.91. The Morgan fingerprint density at radius 1 is 1.16 bits per heavy atom. The molecular formula is C24H28N4O4. The van der Waals surface area contributed by atoms with E-state index in [-0.39, 0.29) is 18.4 Å². The number of aromatic nitrogens is 2. The third-order valence-corrected chi connectivity index (χ3v) is 5.71. The molecule has 1 aliphatic heterocycles. The van der Waals surface area contributed by atoms with Gasteiger partial charge in [0.2, 0.25) is 17.6 Å². The average molecular weight is 437 g/mol. The SMILES string of the molecule is COc1ccc(-c2noc(CNC(=O)[C@H]3CCCN(c4ccc(C)cc4)C3)n2)cc1OC. The Morgan fingerprint density at radius 2 is 1.94 bits per heavy atom. The van der Waals surface area contributed by atoms with Gasteiger partial charge in [-0.25, -0.2) is 0 Å². The first-order valence-corrected chi connectivity index (χ1v) is 10.7. The quantitative estimate of drug-likeness (QED) is 0.605. The van der Waals surface area contributed by atoms with Crippen LogP contribution in [-0.2, 0) is 11.3 Å². The van der Waals surface area contributed by atoms with Gasteiger partial charge in [-0.1, -0.05) is 22.9 Å². The predicted molar refractivity (Wildman–Crippen MR) is 121 cm³/mol. The fourth-order valence-electron chi connectivity index (χ4n) is 3.91. The van der Waals surface area contributed by atoms with Crippen molar-refractivity contribution in [2.75, 3.05) is 32.2 Å². The largest absolute Gasteiger partial charge is 0.493 e. The number of benzene rings is 2. The van der Waals surface area contributed by atoms with Crippen LogP contribution in [0.3, 0.4) is 0 Å². The van der Waals surface area contributed by atoms with Crippen LogP contribution in [0, 0.1) is 12.8 Å². The minimum atomic E-state index is -0.0710. The zero-order valence-corrected chi connectivity index (χ0v) is 18.6. The zero-order valence-electron chi connectivity index (χ0n) is 18.6. The molecule has 4 rings (SSSR count). The van der Waals surface area contributed by atoms with Crippen LogP contribution in [0.4, 0.5) is 5.69 Å². The van der Waals surface area contributed by atoms with Gasteiger partial charge < -0.3 is 24.2 Å². The van der Waals surface area contributed by atoms with Gasteiger partial charge in [-0.15, -0.1) is 0 Å². The maximum absolute atomic E-state index is 12.8. The molecule has 1 aromatic heterocycles. The molecule has 3 aromatic rings. The van der Waals surface area contributed by atoms with Crippen molar-refractivity contribution in [3.63, 3.8) is 0 Å². The molecule has 0 radical (unpaired) electrons. The number of hydrogen-bond acceptors (Lipinski definition) is 7. The summed E-state index contributed by atoms with van der Waals surface area (Å²) >= 11 is 0. The number of methoxy groups -OCH3 is 2. The number of amides is 1. The molecule has 1 N–H and O–H groups in total. The molecule has 0 saturated carbocycles. The zero-order chi connectivity index (χ0) is 22.5. The van der Waals surface area contributed by atoms with Crippen molar-refractivity contribution in [1.82, 2.24) is 15.5 Å². The summed E-state index contributed by atoms with van der Waals surface area (Å²) < 4.78 is 15.9. The van der Waals surface area contributed by atoms with Gasteiger partial charge in [-0.2, -0.15) is 4.98 Å². The summed E-state index contributed by atoms with van der Waals surface area (Å²) in [5, 5.41) is 6.97. The lowest BCUT2D eigenvalue weighted by Crippen LogP contribution is -2.43. The molecule has 0 unspecified atom stereocenters. The van der Waals surface area contributed by atoms with Crippen LogP contribution in [0.1, 0.15) is 24.3 Å². The van der Waals surface area contributed by atoms with Crippen molar-refractivity contribution < 1.29 is 18.8 Å². The number of piperidine rings is 1. The molecule has 2 heterocycles. The second-order valence-corrected chi connectivity index (χ2v) is 7.92. The molecule has 0 bridgehead atoms. The van der Waals surface area contributed by atoms with Crippen LogP contribution >= 0.6 is 0 Å². The average Bonchev–Trinajstić information content (AvgIpc) is 3.31. The smallest absolute Gasteiger partial charge is 0.246 e. The van der Waals surface area contributed by atoms with Crippen molar-refractivity contribution in [2.24, 2.45) is 5.92 Å². The minimum Gasteiger partial charge on any atom is -0.493 e. The van der Waals surface area contributed by atoms with Gasteiger partial charge in [0, 0.05) is 24.3 Å². The lowest BCUT2D eigenvalue weighted by atomic mass is 9.96. The van der Waals surface area contributed by atoms with E-state index in [1.165, 1.54) is 5.56 Å². The van der Waals surface area contributed by atoms with Gasteiger partial charge in [0.05, 0.1) is 26.7 Å². The Hall–Kier alpha value is -3.55. The number of carbonyl (C=O) groups excluding carboxylic acids is 1.